The smallest absolute Gasteiger partial charge is 0.259 e. The Hall–Kier alpha value is -2.50. The van der Waals surface area contributed by atoms with Gasteiger partial charge in [0.15, 0.2) is 0 Å². The van der Waals surface area contributed by atoms with Crippen LogP contribution >= 0.6 is 0 Å². The van der Waals surface area contributed by atoms with Gasteiger partial charge in [-0.05, 0) is 40.3 Å². The summed E-state index contributed by atoms with van der Waals surface area (Å²) in [5, 5.41) is 14.5. The minimum atomic E-state index is -0.216. The summed E-state index contributed by atoms with van der Waals surface area (Å²) in [5.74, 6) is 0.739. The number of benzene rings is 1. The maximum atomic E-state index is 12.0. The molecule has 0 saturated heterocycles. The van der Waals surface area contributed by atoms with E-state index in [2.05, 4.69) is 45.5 Å². The first-order valence-electron chi connectivity index (χ1n) is 6.06. The van der Waals surface area contributed by atoms with Crippen molar-refractivity contribution in [2.24, 2.45) is 0 Å². The van der Waals surface area contributed by atoms with Gasteiger partial charge >= 0.3 is 0 Å². The predicted octanol–water partition coefficient (Wildman–Crippen LogP) is 1.83. The maximum absolute atomic E-state index is 12.0. The lowest BCUT2D eigenvalue weighted by Gasteiger charge is -2.07. The van der Waals surface area contributed by atoms with Gasteiger partial charge in [-0.2, -0.15) is 5.21 Å². The number of nitrogens with one attached hydrogen (secondary N) is 2. The molecule has 2 aromatic heterocycles. The second kappa shape index (κ2) is 4.31. The molecule has 0 aliphatic carbocycles. The molecule has 0 fully saturated rings. The SMILES string of the molecule is CC(C)c1ccc2[nH]c(=O)c(-c3nn[nH]n3)cc2c1. The first-order chi connectivity index (χ1) is 9.15. The van der Waals surface area contributed by atoms with E-state index in [0.29, 0.717) is 17.3 Å². The molecule has 96 valence electrons. The van der Waals surface area contributed by atoms with E-state index in [9.17, 15) is 4.79 Å². The monoisotopic (exact) mass is 255 g/mol. The van der Waals surface area contributed by atoms with Gasteiger partial charge in [-0.25, -0.2) is 0 Å². The van der Waals surface area contributed by atoms with Gasteiger partial charge in [0, 0.05) is 5.52 Å². The van der Waals surface area contributed by atoms with E-state index in [-0.39, 0.29) is 5.56 Å². The van der Waals surface area contributed by atoms with Crippen molar-refractivity contribution in [3.63, 3.8) is 0 Å². The van der Waals surface area contributed by atoms with Crippen molar-refractivity contribution in [2.45, 2.75) is 19.8 Å². The highest BCUT2D eigenvalue weighted by molar-refractivity contribution is 5.83. The summed E-state index contributed by atoms with van der Waals surface area (Å²) in [6.45, 7) is 4.26. The lowest BCUT2D eigenvalue weighted by atomic mass is 10.0. The summed E-state index contributed by atoms with van der Waals surface area (Å²) in [6.07, 6.45) is 0. The number of rotatable bonds is 2. The van der Waals surface area contributed by atoms with Crippen molar-refractivity contribution in [3.05, 3.63) is 40.2 Å². The highest BCUT2D eigenvalue weighted by Crippen LogP contribution is 2.21. The van der Waals surface area contributed by atoms with Gasteiger partial charge in [-0.1, -0.05) is 19.9 Å². The molecule has 0 bridgehead atoms. The van der Waals surface area contributed by atoms with E-state index < -0.39 is 0 Å². The third-order valence-electron chi connectivity index (χ3n) is 3.12. The van der Waals surface area contributed by atoms with Gasteiger partial charge in [0.05, 0.1) is 5.56 Å². The second-order valence-electron chi connectivity index (χ2n) is 4.75. The predicted molar refractivity (Wildman–Crippen MR) is 71.8 cm³/mol. The number of tetrazole rings is 1. The molecule has 0 amide bonds. The topological polar surface area (TPSA) is 87.3 Å². The highest BCUT2D eigenvalue weighted by Gasteiger charge is 2.10. The van der Waals surface area contributed by atoms with Gasteiger partial charge in [-0.3, -0.25) is 4.79 Å². The molecule has 2 N–H and O–H groups in total. The summed E-state index contributed by atoms with van der Waals surface area (Å²) in [7, 11) is 0. The van der Waals surface area contributed by atoms with E-state index in [4.69, 9.17) is 0 Å². The zero-order valence-electron chi connectivity index (χ0n) is 10.6. The highest BCUT2D eigenvalue weighted by atomic mass is 16.1. The third-order valence-corrected chi connectivity index (χ3v) is 3.12. The number of hydrogen-bond acceptors (Lipinski definition) is 4. The summed E-state index contributed by atoms with van der Waals surface area (Å²) in [6, 6.07) is 7.81. The Balaban J connectivity index is 2.25. The second-order valence-corrected chi connectivity index (χ2v) is 4.75. The molecule has 0 radical (unpaired) electrons. The van der Waals surface area contributed by atoms with Crippen LogP contribution in [-0.4, -0.2) is 25.6 Å². The Morgan fingerprint density at radius 3 is 2.74 bits per heavy atom. The van der Waals surface area contributed by atoms with Crippen molar-refractivity contribution >= 4 is 10.9 Å². The van der Waals surface area contributed by atoms with Crippen LogP contribution in [0.5, 0.6) is 0 Å². The Bertz CT molecular complexity index is 773. The Morgan fingerprint density at radius 2 is 2.05 bits per heavy atom. The molecule has 6 heteroatoms. The number of pyridine rings is 1. The zero-order valence-corrected chi connectivity index (χ0v) is 10.6. The zero-order chi connectivity index (χ0) is 13.4. The summed E-state index contributed by atoms with van der Waals surface area (Å²) >= 11 is 0. The average Bonchev–Trinajstić information content (AvgIpc) is 2.91. The molecule has 0 atom stereocenters. The van der Waals surface area contributed by atoms with Crippen LogP contribution in [0, 0.1) is 0 Å². The van der Waals surface area contributed by atoms with Crippen LogP contribution < -0.4 is 5.56 Å². The van der Waals surface area contributed by atoms with Gasteiger partial charge in [0.25, 0.3) is 5.56 Å². The number of H-pyrrole nitrogens is 2. The average molecular weight is 255 g/mol. The lowest BCUT2D eigenvalue weighted by Crippen LogP contribution is -2.09. The number of aromatic amines is 2. The van der Waals surface area contributed by atoms with Crippen molar-refractivity contribution in [1.29, 1.82) is 0 Å². The third kappa shape index (κ3) is 2.01. The van der Waals surface area contributed by atoms with Crippen LogP contribution in [0.25, 0.3) is 22.3 Å². The Morgan fingerprint density at radius 1 is 1.21 bits per heavy atom. The molecular weight excluding hydrogens is 242 g/mol. The van der Waals surface area contributed by atoms with Gasteiger partial charge in [-0.15, -0.1) is 10.2 Å². The molecule has 0 unspecified atom stereocenters. The molecule has 19 heavy (non-hydrogen) atoms. The molecule has 3 rings (SSSR count). The Kier molecular flexibility index (Phi) is 2.63. The van der Waals surface area contributed by atoms with Crippen LogP contribution in [0.3, 0.4) is 0 Å². The first-order valence-corrected chi connectivity index (χ1v) is 6.06. The summed E-state index contributed by atoms with van der Waals surface area (Å²) < 4.78 is 0. The summed E-state index contributed by atoms with van der Waals surface area (Å²) in [5.41, 5.74) is 2.23. The maximum Gasteiger partial charge on any atom is 0.259 e. The summed E-state index contributed by atoms with van der Waals surface area (Å²) in [4.78, 5) is 14.8. The van der Waals surface area contributed by atoms with Crippen molar-refractivity contribution in [2.75, 3.05) is 0 Å². The van der Waals surface area contributed by atoms with E-state index >= 15 is 0 Å². The molecule has 2 heterocycles. The van der Waals surface area contributed by atoms with Crippen LogP contribution in [0.2, 0.25) is 0 Å². The largest absolute Gasteiger partial charge is 0.321 e. The molecular formula is C13H13N5O. The Labute approximate surface area is 108 Å². The standard InChI is InChI=1S/C13H13N5O/c1-7(2)8-3-4-11-9(5-8)6-10(13(19)14-11)12-15-17-18-16-12/h3-7H,1-2H3,(H,14,19)(H,15,16,17,18). The minimum absolute atomic E-state index is 0.216. The molecule has 0 spiro atoms. The fourth-order valence-electron chi connectivity index (χ4n) is 2.03. The minimum Gasteiger partial charge on any atom is -0.321 e. The number of nitrogens with zero attached hydrogens (tertiary/aromatic N) is 3. The quantitative estimate of drug-likeness (QED) is 0.731. The molecule has 3 aromatic rings. The normalized spacial score (nSPS) is 11.3. The van der Waals surface area contributed by atoms with Crippen LogP contribution in [-0.2, 0) is 0 Å². The lowest BCUT2D eigenvalue weighted by molar-refractivity contribution is 0.868. The number of aromatic nitrogens is 5. The van der Waals surface area contributed by atoms with E-state index in [1.807, 2.05) is 12.1 Å². The number of hydrogen-bond donors (Lipinski definition) is 2. The van der Waals surface area contributed by atoms with Crippen LogP contribution in [0.4, 0.5) is 0 Å². The van der Waals surface area contributed by atoms with E-state index in [1.165, 1.54) is 5.56 Å². The van der Waals surface area contributed by atoms with Gasteiger partial charge in [0.1, 0.15) is 0 Å². The van der Waals surface area contributed by atoms with Crippen molar-refractivity contribution < 1.29 is 0 Å². The first kappa shape index (κ1) is 11.6. The molecule has 0 aliphatic heterocycles. The number of fused-ring (bicyclic) bond motifs is 1. The fourth-order valence-corrected chi connectivity index (χ4v) is 2.03. The van der Waals surface area contributed by atoms with Gasteiger partial charge < -0.3 is 4.98 Å². The molecule has 0 saturated carbocycles. The van der Waals surface area contributed by atoms with E-state index in [0.717, 1.165) is 10.9 Å². The van der Waals surface area contributed by atoms with Crippen molar-refractivity contribution in [3.8, 4) is 11.4 Å². The van der Waals surface area contributed by atoms with Crippen LogP contribution in [0.15, 0.2) is 29.1 Å². The fraction of sp³-hybridized carbons (Fsp3) is 0.231. The van der Waals surface area contributed by atoms with Crippen molar-refractivity contribution in [1.82, 2.24) is 25.6 Å². The van der Waals surface area contributed by atoms with Gasteiger partial charge in [0.2, 0.25) is 5.82 Å². The molecule has 0 aliphatic rings. The van der Waals surface area contributed by atoms with E-state index in [1.54, 1.807) is 6.07 Å². The molecule has 1 aromatic carbocycles. The van der Waals surface area contributed by atoms with Crippen LogP contribution in [0.1, 0.15) is 25.3 Å². The molecule has 6 nitrogen and oxygen atoms in total.